The van der Waals surface area contributed by atoms with E-state index in [1.165, 1.54) is 22.3 Å². The van der Waals surface area contributed by atoms with Crippen molar-refractivity contribution in [1.82, 2.24) is 4.90 Å². The van der Waals surface area contributed by atoms with Gasteiger partial charge in [0.25, 0.3) is 0 Å². The number of alkyl halides is 3. The predicted octanol–water partition coefficient (Wildman–Crippen LogP) is 7.72. The SMILES string of the molecule is CC/C=C(C)\C=C/Cc1ccc(C2=CC(C(F)(F)F)=C(C#N)CN2Cc2ccc(F)cc2F)s1. The maximum Gasteiger partial charge on any atom is 0.417 e. The maximum atomic E-state index is 14.3. The van der Waals surface area contributed by atoms with Crippen LogP contribution >= 0.6 is 11.3 Å². The van der Waals surface area contributed by atoms with Gasteiger partial charge < -0.3 is 4.90 Å². The Morgan fingerprint density at radius 2 is 1.97 bits per heavy atom. The van der Waals surface area contributed by atoms with Gasteiger partial charge in [0.1, 0.15) is 11.6 Å². The van der Waals surface area contributed by atoms with Crippen LogP contribution in [0.25, 0.3) is 5.70 Å². The number of hydrogen-bond donors (Lipinski definition) is 0. The van der Waals surface area contributed by atoms with Crippen LogP contribution in [0.4, 0.5) is 22.0 Å². The van der Waals surface area contributed by atoms with E-state index in [2.05, 4.69) is 6.08 Å². The summed E-state index contributed by atoms with van der Waals surface area (Å²) in [5.41, 5.74) is 0.0497. The summed E-state index contributed by atoms with van der Waals surface area (Å²) in [7, 11) is 0. The summed E-state index contributed by atoms with van der Waals surface area (Å²) in [5.74, 6) is -1.54. The van der Waals surface area contributed by atoms with Crippen molar-refractivity contribution in [3.05, 3.63) is 98.3 Å². The van der Waals surface area contributed by atoms with Gasteiger partial charge >= 0.3 is 6.18 Å². The Kier molecular flexibility index (Phi) is 8.11. The normalized spacial score (nSPS) is 15.2. The van der Waals surface area contributed by atoms with Crippen molar-refractivity contribution >= 4 is 17.0 Å². The van der Waals surface area contributed by atoms with Crippen LogP contribution in [0.2, 0.25) is 0 Å². The fourth-order valence-electron chi connectivity index (χ4n) is 3.62. The fourth-order valence-corrected chi connectivity index (χ4v) is 4.65. The van der Waals surface area contributed by atoms with Crippen LogP contribution in [-0.2, 0) is 13.0 Å². The number of benzene rings is 1. The van der Waals surface area contributed by atoms with E-state index < -0.39 is 29.0 Å². The molecule has 34 heavy (non-hydrogen) atoms. The monoisotopic (exact) mass is 490 g/mol. The van der Waals surface area contributed by atoms with Crippen molar-refractivity contribution in [1.29, 1.82) is 5.26 Å². The molecule has 1 aliphatic rings. The van der Waals surface area contributed by atoms with Crippen molar-refractivity contribution in [2.75, 3.05) is 6.54 Å². The van der Waals surface area contributed by atoms with E-state index in [1.807, 2.05) is 32.1 Å². The van der Waals surface area contributed by atoms with Crippen LogP contribution in [0, 0.1) is 23.0 Å². The molecule has 0 radical (unpaired) electrons. The lowest BCUT2D eigenvalue weighted by Gasteiger charge is -2.31. The summed E-state index contributed by atoms with van der Waals surface area (Å²) in [6, 6.07) is 8.29. The van der Waals surface area contributed by atoms with Crippen LogP contribution in [0.1, 0.15) is 35.6 Å². The van der Waals surface area contributed by atoms with Gasteiger partial charge in [0.15, 0.2) is 0 Å². The van der Waals surface area contributed by atoms with Crippen molar-refractivity contribution in [2.45, 2.75) is 39.4 Å². The van der Waals surface area contributed by atoms with Crippen LogP contribution in [0.3, 0.4) is 0 Å². The lowest BCUT2D eigenvalue weighted by Crippen LogP contribution is -2.30. The molecule has 0 atom stereocenters. The highest BCUT2D eigenvalue weighted by Crippen LogP contribution is 2.39. The minimum absolute atomic E-state index is 0.109. The van der Waals surface area contributed by atoms with Gasteiger partial charge in [-0.2, -0.15) is 18.4 Å². The van der Waals surface area contributed by atoms with E-state index in [1.54, 1.807) is 12.1 Å². The molecule has 1 aliphatic heterocycles. The zero-order chi connectivity index (χ0) is 24.9. The van der Waals surface area contributed by atoms with E-state index in [4.69, 9.17) is 0 Å². The summed E-state index contributed by atoms with van der Waals surface area (Å²) < 4.78 is 68.6. The molecule has 2 nitrogen and oxygen atoms in total. The van der Waals surface area contributed by atoms with Crippen molar-refractivity contribution < 1.29 is 22.0 Å². The third-order valence-electron chi connectivity index (χ3n) is 5.25. The maximum absolute atomic E-state index is 14.3. The summed E-state index contributed by atoms with van der Waals surface area (Å²) in [5, 5.41) is 9.34. The fraction of sp³-hybridized carbons (Fsp3) is 0.269. The number of rotatable bonds is 7. The lowest BCUT2D eigenvalue weighted by atomic mass is 10.0. The topological polar surface area (TPSA) is 27.0 Å². The number of allylic oxidation sites excluding steroid dienone is 6. The van der Waals surface area contributed by atoms with Gasteiger partial charge in [-0.25, -0.2) is 8.78 Å². The van der Waals surface area contributed by atoms with E-state index in [0.717, 1.165) is 35.1 Å². The molecule has 3 rings (SSSR count). The molecule has 0 amide bonds. The Morgan fingerprint density at radius 3 is 2.62 bits per heavy atom. The standard InChI is InChI=1S/C26H23F5N2S/c1-3-5-17(2)6-4-7-21-10-11-25(34-21)24-13-22(26(29,30)31)19(14-32)16-33(24)15-18-8-9-20(27)12-23(18)28/h4-6,8-13H,3,7,15-16H2,1-2H3/b6-4-,17-5-. The first kappa shape index (κ1) is 25.4. The second kappa shape index (κ2) is 10.8. The van der Waals surface area contributed by atoms with Crippen molar-refractivity contribution in [3.63, 3.8) is 0 Å². The van der Waals surface area contributed by atoms with Crippen LogP contribution in [0.5, 0.6) is 0 Å². The highest BCUT2D eigenvalue weighted by Gasteiger charge is 2.38. The third-order valence-corrected chi connectivity index (χ3v) is 6.38. The minimum atomic E-state index is -4.70. The molecule has 2 aromatic rings. The van der Waals surface area contributed by atoms with Gasteiger partial charge in [0.2, 0.25) is 0 Å². The summed E-state index contributed by atoms with van der Waals surface area (Å²) in [4.78, 5) is 3.04. The molecule has 1 aromatic heterocycles. The van der Waals surface area contributed by atoms with Gasteiger partial charge in [-0.3, -0.25) is 0 Å². The van der Waals surface area contributed by atoms with Gasteiger partial charge in [0.05, 0.1) is 34.3 Å². The second-order valence-electron chi connectivity index (χ2n) is 7.85. The molecule has 8 heteroatoms. The molecule has 178 valence electrons. The predicted molar refractivity (Wildman–Crippen MR) is 125 cm³/mol. The van der Waals surface area contributed by atoms with E-state index >= 15 is 0 Å². The Bertz CT molecular complexity index is 1210. The molecule has 0 unspecified atom stereocenters. The average molecular weight is 491 g/mol. The molecule has 0 aliphatic carbocycles. The molecule has 0 bridgehead atoms. The highest BCUT2D eigenvalue weighted by atomic mass is 32.1. The number of thiophene rings is 1. The molecule has 0 fully saturated rings. The first-order valence-corrected chi connectivity index (χ1v) is 11.5. The molecule has 1 aromatic carbocycles. The first-order valence-electron chi connectivity index (χ1n) is 10.7. The third kappa shape index (κ3) is 6.23. The number of hydrogen-bond acceptors (Lipinski definition) is 3. The van der Waals surface area contributed by atoms with Gasteiger partial charge in [-0.05, 0) is 37.6 Å². The van der Waals surface area contributed by atoms with Crippen molar-refractivity contribution in [2.24, 2.45) is 0 Å². The van der Waals surface area contributed by atoms with Gasteiger partial charge in [-0.15, -0.1) is 11.3 Å². The Morgan fingerprint density at radius 1 is 1.21 bits per heavy atom. The summed E-state index contributed by atoms with van der Waals surface area (Å²) >= 11 is 1.34. The van der Waals surface area contributed by atoms with Crippen LogP contribution in [-0.4, -0.2) is 17.6 Å². The second-order valence-corrected chi connectivity index (χ2v) is 9.02. The van der Waals surface area contributed by atoms with Crippen molar-refractivity contribution in [3.8, 4) is 6.07 Å². The quantitative estimate of drug-likeness (QED) is 0.293. The molecule has 0 N–H and O–H groups in total. The Balaban J connectivity index is 1.96. The molecule has 0 spiro atoms. The number of nitriles is 1. The van der Waals surface area contributed by atoms with Gasteiger partial charge in [0, 0.05) is 29.5 Å². The zero-order valence-corrected chi connectivity index (χ0v) is 19.5. The molecule has 0 saturated carbocycles. The van der Waals surface area contributed by atoms with E-state index in [9.17, 15) is 27.2 Å². The lowest BCUT2D eigenvalue weighted by molar-refractivity contribution is -0.0892. The summed E-state index contributed by atoms with van der Waals surface area (Å²) in [6.07, 6.45) is 3.87. The first-order chi connectivity index (χ1) is 16.1. The van der Waals surface area contributed by atoms with E-state index in [0.29, 0.717) is 11.3 Å². The van der Waals surface area contributed by atoms with Crippen LogP contribution in [0.15, 0.2) is 71.4 Å². The summed E-state index contributed by atoms with van der Waals surface area (Å²) in [6.45, 7) is 3.60. The average Bonchev–Trinajstić information content (AvgIpc) is 3.23. The molecular weight excluding hydrogens is 467 g/mol. The minimum Gasteiger partial charge on any atom is -0.361 e. The molecule has 0 saturated heterocycles. The molecular formula is C26H23F5N2S. The van der Waals surface area contributed by atoms with Crippen LogP contribution < -0.4 is 0 Å². The number of halogens is 5. The zero-order valence-electron chi connectivity index (χ0n) is 18.7. The largest absolute Gasteiger partial charge is 0.417 e. The number of nitrogens with zero attached hydrogens (tertiary/aromatic N) is 2. The van der Waals surface area contributed by atoms with E-state index in [-0.39, 0.29) is 24.4 Å². The Hall–Kier alpha value is -3.18. The smallest absolute Gasteiger partial charge is 0.361 e. The highest BCUT2D eigenvalue weighted by molar-refractivity contribution is 7.13. The molecule has 2 heterocycles. The Labute approximate surface area is 199 Å². The van der Waals surface area contributed by atoms with Gasteiger partial charge in [-0.1, -0.05) is 36.8 Å².